The first-order valence-electron chi connectivity index (χ1n) is 7.09. The van der Waals surface area contributed by atoms with E-state index in [2.05, 4.69) is 62.5 Å². The van der Waals surface area contributed by atoms with Crippen LogP contribution in [0.3, 0.4) is 0 Å². The fraction of sp³-hybridized carbons (Fsp3) is 0.412. The summed E-state index contributed by atoms with van der Waals surface area (Å²) in [6.07, 6.45) is 1.03. The van der Waals surface area contributed by atoms with Crippen molar-refractivity contribution in [1.29, 1.82) is 0 Å². The second kappa shape index (κ2) is 6.58. The lowest BCUT2D eigenvalue weighted by atomic mass is 10.0. The van der Waals surface area contributed by atoms with E-state index in [1.807, 2.05) is 0 Å². The topological polar surface area (TPSA) is 21.3 Å². The minimum Gasteiger partial charge on any atom is -0.493 e. The van der Waals surface area contributed by atoms with Crippen molar-refractivity contribution in [2.75, 3.05) is 6.61 Å². The van der Waals surface area contributed by atoms with Crippen LogP contribution in [0.15, 0.2) is 36.4 Å². The van der Waals surface area contributed by atoms with Crippen molar-refractivity contribution in [2.24, 2.45) is 0 Å². The van der Waals surface area contributed by atoms with Crippen molar-refractivity contribution in [3.8, 4) is 5.75 Å². The molecule has 0 aliphatic rings. The Hall–Kier alpha value is -1.54. The molecular weight excluding hydrogens is 234 g/mol. The molecule has 0 bridgehead atoms. The SMILES string of the molecule is CCCOc1ccc2ccccc2c1CNC(C)C. The molecule has 102 valence electrons. The predicted molar refractivity (Wildman–Crippen MR) is 81.7 cm³/mol. The molecule has 0 saturated heterocycles. The van der Waals surface area contributed by atoms with Crippen molar-refractivity contribution in [1.82, 2.24) is 5.32 Å². The highest BCUT2D eigenvalue weighted by atomic mass is 16.5. The second-order valence-electron chi connectivity index (χ2n) is 5.15. The molecule has 2 nitrogen and oxygen atoms in total. The third kappa shape index (κ3) is 3.48. The van der Waals surface area contributed by atoms with E-state index in [4.69, 9.17) is 4.74 Å². The first kappa shape index (κ1) is 13.9. The number of hydrogen-bond acceptors (Lipinski definition) is 2. The van der Waals surface area contributed by atoms with Gasteiger partial charge in [-0.1, -0.05) is 51.1 Å². The van der Waals surface area contributed by atoms with Crippen LogP contribution in [0.25, 0.3) is 10.8 Å². The molecule has 2 aromatic rings. The monoisotopic (exact) mass is 257 g/mol. The molecule has 2 aromatic carbocycles. The summed E-state index contributed by atoms with van der Waals surface area (Å²) in [7, 11) is 0. The molecular formula is C17H23NO. The van der Waals surface area contributed by atoms with Crippen molar-refractivity contribution in [3.05, 3.63) is 42.0 Å². The number of fused-ring (bicyclic) bond motifs is 1. The van der Waals surface area contributed by atoms with Crippen LogP contribution in [0.4, 0.5) is 0 Å². The van der Waals surface area contributed by atoms with Gasteiger partial charge < -0.3 is 10.1 Å². The van der Waals surface area contributed by atoms with Crippen molar-refractivity contribution >= 4 is 10.8 Å². The Kier molecular flexibility index (Phi) is 4.80. The molecule has 0 aliphatic heterocycles. The van der Waals surface area contributed by atoms with Crippen LogP contribution >= 0.6 is 0 Å². The zero-order valence-electron chi connectivity index (χ0n) is 12.1. The number of hydrogen-bond donors (Lipinski definition) is 1. The molecule has 0 heterocycles. The van der Waals surface area contributed by atoms with Gasteiger partial charge in [0.2, 0.25) is 0 Å². The third-order valence-corrected chi connectivity index (χ3v) is 3.15. The number of ether oxygens (including phenoxy) is 1. The predicted octanol–water partition coefficient (Wildman–Crippen LogP) is 4.13. The lowest BCUT2D eigenvalue weighted by molar-refractivity contribution is 0.313. The summed E-state index contributed by atoms with van der Waals surface area (Å²) >= 11 is 0. The Bertz CT molecular complexity index is 534. The Morgan fingerprint density at radius 1 is 1.11 bits per heavy atom. The van der Waals surface area contributed by atoms with Gasteiger partial charge in [0.25, 0.3) is 0 Å². The van der Waals surface area contributed by atoms with Gasteiger partial charge in [-0.2, -0.15) is 0 Å². The summed E-state index contributed by atoms with van der Waals surface area (Å²) in [5.41, 5.74) is 1.26. The zero-order valence-corrected chi connectivity index (χ0v) is 12.1. The van der Waals surface area contributed by atoms with Crippen LogP contribution in [-0.2, 0) is 6.54 Å². The van der Waals surface area contributed by atoms with E-state index in [1.54, 1.807) is 0 Å². The summed E-state index contributed by atoms with van der Waals surface area (Å²) < 4.78 is 5.89. The van der Waals surface area contributed by atoms with Crippen LogP contribution < -0.4 is 10.1 Å². The maximum atomic E-state index is 5.89. The molecule has 0 saturated carbocycles. The van der Waals surface area contributed by atoms with E-state index in [0.717, 1.165) is 25.3 Å². The van der Waals surface area contributed by atoms with Crippen LogP contribution in [-0.4, -0.2) is 12.6 Å². The Labute approximate surface area is 115 Å². The highest BCUT2D eigenvalue weighted by molar-refractivity contribution is 5.87. The Morgan fingerprint density at radius 2 is 1.89 bits per heavy atom. The molecule has 0 amide bonds. The van der Waals surface area contributed by atoms with Crippen LogP contribution in [0, 0.1) is 0 Å². The Balaban J connectivity index is 2.39. The Morgan fingerprint density at radius 3 is 2.63 bits per heavy atom. The van der Waals surface area contributed by atoms with Crippen molar-refractivity contribution < 1.29 is 4.74 Å². The lowest BCUT2D eigenvalue weighted by Crippen LogP contribution is -2.22. The summed E-state index contributed by atoms with van der Waals surface area (Å²) in [5.74, 6) is 1.01. The molecule has 0 atom stereocenters. The standard InChI is InChI=1S/C17H23NO/c1-4-11-19-17-10-9-14-7-5-6-8-15(14)16(17)12-18-13(2)3/h5-10,13,18H,4,11-12H2,1-3H3. The molecule has 2 rings (SSSR count). The molecule has 1 N–H and O–H groups in total. The fourth-order valence-corrected chi connectivity index (χ4v) is 2.15. The molecule has 0 unspecified atom stereocenters. The van der Waals surface area contributed by atoms with Crippen LogP contribution in [0.5, 0.6) is 5.75 Å². The number of rotatable bonds is 6. The van der Waals surface area contributed by atoms with E-state index in [9.17, 15) is 0 Å². The van der Waals surface area contributed by atoms with Gasteiger partial charge in [-0.3, -0.25) is 0 Å². The quantitative estimate of drug-likeness (QED) is 0.840. The molecule has 2 heteroatoms. The van der Waals surface area contributed by atoms with Crippen LogP contribution in [0.1, 0.15) is 32.8 Å². The average Bonchev–Trinajstić information content (AvgIpc) is 2.42. The molecule has 0 fully saturated rings. The van der Waals surface area contributed by atoms with E-state index in [0.29, 0.717) is 6.04 Å². The van der Waals surface area contributed by atoms with Crippen LogP contribution in [0.2, 0.25) is 0 Å². The summed E-state index contributed by atoms with van der Waals surface area (Å²) in [6.45, 7) is 8.08. The van der Waals surface area contributed by atoms with E-state index < -0.39 is 0 Å². The van der Waals surface area contributed by atoms with Gasteiger partial charge in [0.05, 0.1) is 6.61 Å². The average molecular weight is 257 g/mol. The van der Waals surface area contributed by atoms with Gasteiger partial charge in [-0.15, -0.1) is 0 Å². The first-order chi connectivity index (χ1) is 9.22. The maximum Gasteiger partial charge on any atom is 0.124 e. The van der Waals surface area contributed by atoms with E-state index in [1.165, 1.54) is 16.3 Å². The second-order valence-corrected chi connectivity index (χ2v) is 5.15. The van der Waals surface area contributed by atoms with Gasteiger partial charge in [0.15, 0.2) is 0 Å². The largest absolute Gasteiger partial charge is 0.493 e. The maximum absolute atomic E-state index is 5.89. The molecule has 0 radical (unpaired) electrons. The summed E-state index contributed by atoms with van der Waals surface area (Å²) in [6, 6.07) is 13.2. The minimum atomic E-state index is 0.470. The van der Waals surface area contributed by atoms with Crippen molar-refractivity contribution in [2.45, 2.75) is 39.8 Å². The van der Waals surface area contributed by atoms with Crippen molar-refractivity contribution in [3.63, 3.8) is 0 Å². The molecule has 0 spiro atoms. The smallest absolute Gasteiger partial charge is 0.124 e. The van der Waals surface area contributed by atoms with Gasteiger partial charge in [0.1, 0.15) is 5.75 Å². The molecule has 0 aromatic heterocycles. The van der Waals surface area contributed by atoms with Gasteiger partial charge in [0, 0.05) is 18.2 Å². The molecule has 19 heavy (non-hydrogen) atoms. The van der Waals surface area contributed by atoms with Gasteiger partial charge in [-0.25, -0.2) is 0 Å². The molecule has 0 aliphatic carbocycles. The minimum absolute atomic E-state index is 0.470. The van der Waals surface area contributed by atoms with E-state index in [-0.39, 0.29) is 0 Å². The zero-order chi connectivity index (χ0) is 13.7. The highest BCUT2D eigenvalue weighted by Crippen LogP contribution is 2.28. The lowest BCUT2D eigenvalue weighted by Gasteiger charge is -2.16. The fourth-order valence-electron chi connectivity index (χ4n) is 2.15. The van der Waals surface area contributed by atoms with Gasteiger partial charge in [-0.05, 0) is 23.3 Å². The summed E-state index contributed by atoms with van der Waals surface area (Å²) in [5, 5.41) is 6.04. The first-order valence-corrected chi connectivity index (χ1v) is 7.09. The third-order valence-electron chi connectivity index (χ3n) is 3.15. The van der Waals surface area contributed by atoms with Gasteiger partial charge >= 0.3 is 0 Å². The number of nitrogens with one attached hydrogen (secondary N) is 1. The van der Waals surface area contributed by atoms with E-state index >= 15 is 0 Å². The normalized spacial score (nSPS) is 11.2. The number of benzene rings is 2. The highest BCUT2D eigenvalue weighted by Gasteiger charge is 2.09. The summed E-state index contributed by atoms with van der Waals surface area (Å²) in [4.78, 5) is 0.